The van der Waals surface area contributed by atoms with E-state index < -0.39 is 0 Å². The van der Waals surface area contributed by atoms with Gasteiger partial charge in [-0.15, -0.1) is 35.7 Å². The van der Waals surface area contributed by atoms with Gasteiger partial charge in [-0.05, 0) is 96.1 Å². The standard InChI is InChI=1S/C43H42N4O.Pd/c1-26(2)31-22-28(4)41(37(23-31)43(7,8)9)42-29(5)45-47(30(42)6)32-13-12-14-33(24-32)48-34-17-18-36-35-15-10-11-16-38(35)46(39(36)25-34)40-21-27(3)19-20-44-40;/h10-23,26H,1-9H3;/q-2;+2. The zero-order chi connectivity index (χ0) is 33.9. The molecule has 0 bridgehead atoms. The van der Waals surface area contributed by atoms with E-state index in [0.717, 1.165) is 50.3 Å². The Morgan fingerprint density at radius 3 is 2.27 bits per heavy atom. The van der Waals surface area contributed by atoms with Gasteiger partial charge in [0, 0.05) is 34.5 Å². The number of fused-ring (bicyclic) bond motifs is 3. The first-order chi connectivity index (χ1) is 22.9. The van der Waals surface area contributed by atoms with Gasteiger partial charge >= 0.3 is 20.4 Å². The van der Waals surface area contributed by atoms with Crippen LogP contribution in [0.5, 0.6) is 11.5 Å². The maximum Gasteiger partial charge on any atom is 2.00 e. The zero-order valence-corrected chi connectivity index (χ0v) is 31.2. The Balaban J connectivity index is 0.00000417. The fourth-order valence-electron chi connectivity index (χ4n) is 6.86. The van der Waals surface area contributed by atoms with Crippen molar-refractivity contribution in [3.63, 3.8) is 0 Å². The van der Waals surface area contributed by atoms with E-state index in [4.69, 9.17) is 14.8 Å². The van der Waals surface area contributed by atoms with Crippen molar-refractivity contribution in [2.24, 2.45) is 0 Å². The number of rotatable bonds is 6. The summed E-state index contributed by atoms with van der Waals surface area (Å²) in [6.07, 6.45) is 1.85. The van der Waals surface area contributed by atoms with Crippen LogP contribution in [0.15, 0.2) is 85.1 Å². The molecule has 7 rings (SSSR count). The minimum Gasteiger partial charge on any atom is -0.509 e. The topological polar surface area (TPSA) is 44.9 Å². The van der Waals surface area contributed by atoms with Gasteiger partial charge in [0.05, 0.1) is 5.69 Å². The molecule has 0 aliphatic rings. The molecule has 0 aliphatic heterocycles. The Hall–Kier alpha value is -4.50. The van der Waals surface area contributed by atoms with Gasteiger partial charge < -0.3 is 9.30 Å². The van der Waals surface area contributed by atoms with E-state index in [1.54, 1.807) is 0 Å². The minimum absolute atomic E-state index is 0. The number of hydrogen-bond donors (Lipinski definition) is 0. The third-order valence-corrected chi connectivity index (χ3v) is 9.26. The summed E-state index contributed by atoms with van der Waals surface area (Å²) >= 11 is 0. The summed E-state index contributed by atoms with van der Waals surface area (Å²) in [5.74, 6) is 2.52. The van der Waals surface area contributed by atoms with E-state index in [9.17, 15) is 0 Å². The van der Waals surface area contributed by atoms with E-state index in [-0.39, 0.29) is 25.8 Å². The Kier molecular flexibility index (Phi) is 9.18. The molecule has 49 heavy (non-hydrogen) atoms. The van der Waals surface area contributed by atoms with Crippen LogP contribution in [-0.2, 0) is 25.8 Å². The molecule has 0 N–H and O–H groups in total. The number of nitrogens with zero attached hydrogens (tertiary/aromatic N) is 4. The second kappa shape index (κ2) is 13.1. The van der Waals surface area contributed by atoms with Crippen molar-refractivity contribution < 1.29 is 25.2 Å². The Labute approximate surface area is 303 Å². The molecule has 3 aromatic heterocycles. The predicted molar refractivity (Wildman–Crippen MR) is 197 cm³/mol. The van der Waals surface area contributed by atoms with Gasteiger partial charge in [-0.25, -0.2) is 4.98 Å². The third kappa shape index (κ3) is 6.25. The Bertz CT molecular complexity index is 2340. The number of hydrogen-bond acceptors (Lipinski definition) is 3. The van der Waals surface area contributed by atoms with Crippen LogP contribution >= 0.6 is 0 Å². The van der Waals surface area contributed by atoms with E-state index in [1.165, 1.54) is 27.8 Å². The summed E-state index contributed by atoms with van der Waals surface area (Å²) in [6.45, 7) is 20.0. The predicted octanol–water partition coefficient (Wildman–Crippen LogP) is 11.1. The molecule has 4 aromatic carbocycles. The largest absolute Gasteiger partial charge is 2.00 e. The van der Waals surface area contributed by atoms with Crippen LogP contribution in [-0.4, -0.2) is 19.3 Å². The maximum atomic E-state index is 6.45. The molecular formula is C43H42N4OPd. The van der Waals surface area contributed by atoms with Crippen molar-refractivity contribution in [1.82, 2.24) is 19.3 Å². The first kappa shape index (κ1) is 34.4. The smallest absolute Gasteiger partial charge is 0.509 e. The van der Waals surface area contributed by atoms with Gasteiger partial charge in [0.2, 0.25) is 0 Å². The Morgan fingerprint density at radius 2 is 1.53 bits per heavy atom. The molecule has 5 nitrogen and oxygen atoms in total. The monoisotopic (exact) mass is 736 g/mol. The fourth-order valence-corrected chi connectivity index (χ4v) is 6.86. The molecule has 7 aromatic rings. The van der Waals surface area contributed by atoms with Crippen LogP contribution in [0.4, 0.5) is 0 Å². The molecule has 0 aliphatic carbocycles. The second-order valence-electron chi connectivity index (χ2n) is 14.3. The van der Waals surface area contributed by atoms with Gasteiger partial charge in [0.15, 0.2) is 0 Å². The molecular weight excluding hydrogens is 695 g/mol. The van der Waals surface area contributed by atoms with Crippen molar-refractivity contribution in [2.75, 3.05) is 0 Å². The molecule has 0 spiro atoms. The molecule has 6 heteroatoms. The van der Waals surface area contributed by atoms with Gasteiger partial charge in [0.25, 0.3) is 0 Å². The second-order valence-corrected chi connectivity index (χ2v) is 14.3. The number of ether oxygens (including phenoxy) is 1. The van der Waals surface area contributed by atoms with Crippen molar-refractivity contribution in [2.45, 2.75) is 73.6 Å². The van der Waals surface area contributed by atoms with Crippen molar-refractivity contribution in [3.05, 3.63) is 131 Å². The first-order valence-corrected chi connectivity index (χ1v) is 16.7. The molecule has 250 valence electrons. The summed E-state index contributed by atoms with van der Waals surface area (Å²) in [5.41, 5.74) is 12.5. The van der Waals surface area contributed by atoms with Crippen molar-refractivity contribution >= 4 is 21.8 Å². The molecule has 3 heterocycles. The van der Waals surface area contributed by atoms with E-state index in [1.807, 2.05) is 41.2 Å². The zero-order valence-electron chi connectivity index (χ0n) is 29.7. The maximum absolute atomic E-state index is 6.45. The number of aromatic nitrogens is 4. The average Bonchev–Trinajstić information content (AvgIpc) is 3.53. The molecule has 0 radical (unpaired) electrons. The molecule has 0 atom stereocenters. The number of benzene rings is 4. The van der Waals surface area contributed by atoms with E-state index in [2.05, 4.69) is 128 Å². The quantitative estimate of drug-likeness (QED) is 0.126. The van der Waals surface area contributed by atoms with Gasteiger partial charge in [-0.1, -0.05) is 70.5 Å². The van der Waals surface area contributed by atoms with Crippen molar-refractivity contribution in [3.8, 4) is 34.1 Å². The van der Waals surface area contributed by atoms with Crippen LogP contribution in [0.3, 0.4) is 0 Å². The SMILES string of the molecule is Cc1ccnc(-n2c3[c-]c(Oc4[c-]c(-n5nc(C)c(-c6c(C)cc(C(C)C)cc6C(C)(C)C)c5C)ccc4)ccc3c3ccccc32)c1.[Pd+2]. The normalized spacial score (nSPS) is 11.8. The van der Waals surface area contributed by atoms with Gasteiger partial charge in [-0.2, -0.15) is 17.2 Å². The van der Waals surface area contributed by atoms with Crippen molar-refractivity contribution in [1.29, 1.82) is 0 Å². The number of para-hydroxylation sites is 1. The minimum atomic E-state index is -0.0232. The van der Waals surface area contributed by atoms with Crippen LogP contribution in [0, 0.1) is 39.8 Å². The fraction of sp³-hybridized carbons (Fsp3) is 0.256. The molecule has 0 saturated carbocycles. The van der Waals surface area contributed by atoms with Crippen LogP contribution in [0.2, 0.25) is 0 Å². The van der Waals surface area contributed by atoms with Gasteiger partial charge in [-0.3, -0.25) is 4.68 Å². The number of aryl methyl sites for hydroxylation is 3. The summed E-state index contributed by atoms with van der Waals surface area (Å²) in [6, 6.07) is 34.3. The van der Waals surface area contributed by atoms with Gasteiger partial charge in [0.1, 0.15) is 5.82 Å². The molecule has 0 unspecified atom stereocenters. The molecule has 0 amide bonds. The summed E-state index contributed by atoms with van der Waals surface area (Å²) in [7, 11) is 0. The summed E-state index contributed by atoms with van der Waals surface area (Å²) in [4.78, 5) is 4.70. The van der Waals surface area contributed by atoms with Crippen LogP contribution < -0.4 is 4.74 Å². The van der Waals surface area contributed by atoms with Crippen LogP contribution in [0.25, 0.3) is 44.4 Å². The summed E-state index contributed by atoms with van der Waals surface area (Å²) < 4.78 is 10.6. The molecule has 0 fully saturated rings. The third-order valence-electron chi connectivity index (χ3n) is 9.26. The summed E-state index contributed by atoms with van der Waals surface area (Å²) in [5, 5.41) is 7.30. The molecule has 0 saturated heterocycles. The van der Waals surface area contributed by atoms with E-state index >= 15 is 0 Å². The number of pyridine rings is 1. The van der Waals surface area contributed by atoms with E-state index in [0.29, 0.717) is 17.4 Å². The van der Waals surface area contributed by atoms with Crippen LogP contribution in [0.1, 0.15) is 74.2 Å². The Morgan fingerprint density at radius 1 is 0.776 bits per heavy atom. The first-order valence-electron chi connectivity index (χ1n) is 16.7. The average molecular weight is 737 g/mol.